The summed E-state index contributed by atoms with van der Waals surface area (Å²) in [5.74, 6) is -0.716. The minimum Gasteiger partial charge on any atom is -0.494 e. The lowest BCUT2D eigenvalue weighted by Crippen LogP contribution is -2.05. The van der Waals surface area contributed by atoms with Crippen molar-refractivity contribution in [1.29, 1.82) is 0 Å². The van der Waals surface area contributed by atoms with Crippen LogP contribution in [0, 0.1) is 11.6 Å². The van der Waals surface area contributed by atoms with Crippen LogP contribution in [-0.2, 0) is 6.54 Å². The normalized spacial score (nSPS) is 10.3. The summed E-state index contributed by atoms with van der Waals surface area (Å²) in [4.78, 5) is 0. The molecule has 3 nitrogen and oxygen atoms in total. The first-order chi connectivity index (χ1) is 9.11. The van der Waals surface area contributed by atoms with Crippen LogP contribution in [0.25, 0.3) is 0 Å². The van der Waals surface area contributed by atoms with Crippen molar-refractivity contribution in [3.8, 4) is 5.75 Å². The fraction of sp³-hybridized carbons (Fsp3) is 0.143. The number of nitrogens with one attached hydrogen (secondary N) is 1. The van der Waals surface area contributed by atoms with Gasteiger partial charge in [-0.1, -0.05) is 12.1 Å². The van der Waals surface area contributed by atoms with Crippen LogP contribution in [0.5, 0.6) is 5.75 Å². The molecule has 0 aliphatic heterocycles. The van der Waals surface area contributed by atoms with Gasteiger partial charge >= 0.3 is 0 Å². The average molecular weight is 264 g/mol. The van der Waals surface area contributed by atoms with Crippen molar-refractivity contribution in [1.82, 2.24) is 0 Å². The molecular formula is C14H14F2N2O. The Morgan fingerprint density at radius 1 is 1.16 bits per heavy atom. The van der Waals surface area contributed by atoms with Crippen LogP contribution in [0.2, 0.25) is 0 Å². The van der Waals surface area contributed by atoms with Crippen molar-refractivity contribution >= 4 is 11.4 Å². The third kappa shape index (κ3) is 2.93. The smallest absolute Gasteiger partial charge is 0.165 e. The molecule has 0 saturated heterocycles. The van der Waals surface area contributed by atoms with E-state index in [-0.39, 0.29) is 18.0 Å². The Bertz CT molecular complexity index is 567. The second-order valence-electron chi connectivity index (χ2n) is 4.03. The van der Waals surface area contributed by atoms with E-state index in [0.717, 1.165) is 0 Å². The number of anilines is 2. The topological polar surface area (TPSA) is 47.3 Å². The number of hydrogen-bond donors (Lipinski definition) is 2. The number of nitrogen functional groups attached to an aromatic ring is 1. The van der Waals surface area contributed by atoms with Gasteiger partial charge in [0.1, 0.15) is 5.82 Å². The number of ether oxygens (including phenoxy) is 1. The SMILES string of the molecule is COc1ccc(CNc2c(N)cccc2F)cc1F. The highest BCUT2D eigenvalue weighted by Gasteiger charge is 2.07. The van der Waals surface area contributed by atoms with Crippen LogP contribution < -0.4 is 15.8 Å². The largest absolute Gasteiger partial charge is 0.494 e. The fourth-order valence-corrected chi connectivity index (χ4v) is 1.74. The summed E-state index contributed by atoms with van der Waals surface area (Å²) in [6, 6.07) is 9.00. The van der Waals surface area contributed by atoms with Gasteiger partial charge in [0, 0.05) is 6.54 Å². The average Bonchev–Trinajstić information content (AvgIpc) is 2.38. The summed E-state index contributed by atoms with van der Waals surface area (Å²) in [6.45, 7) is 0.270. The highest BCUT2D eigenvalue weighted by molar-refractivity contribution is 5.66. The number of methoxy groups -OCH3 is 1. The number of hydrogen-bond acceptors (Lipinski definition) is 3. The van der Waals surface area contributed by atoms with Gasteiger partial charge in [0.05, 0.1) is 18.5 Å². The van der Waals surface area contributed by atoms with Crippen molar-refractivity contribution in [2.75, 3.05) is 18.2 Å². The Hall–Kier alpha value is -2.30. The van der Waals surface area contributed by atoms with Gasteiger partial charge in [-0.2, -0.15) is 0 Å². The number of nitrogens with two attached hydrogens (primary N) is 1. The first kappa shape index (κ1) is 13.1. The minimum absolute atomic E-state index is 0.175. The van der Waals surface area contributed by atoms with E-state index >= 15 is 0 Å². The summed E-state index contributed by atoms with van der Waals surface area (Å²) in [6.07, 6.45) is 0. The number of halogens is 2. The van der Waals surface area contributed by atoms with Crippen LogP contribution in [0.15, 0.2) is 36.4 Å². The maximum Gasteiger partial charge on any atom is 0.165 e. The summed E-state index contributed by atoms with van der Waals surface area (Å²) in [7, 11) is 1.40. The first-order valence-electron chi connectivity index (χ1n) is 5.72. The van der Waals surface area contributed by atoms with Crippen molar-refractivity contribution in [3.63, 3.8) is 0 Å². The van der Waals surface area contributed by atoms with E-state index in [2.05, 4.69) is 5.32 Å². The number of rotatable bonds is 4. The van der Waals surface area contributed by atoms with Gasteiger partial charge in [-0.05, 0) is 29.8 Å². The van der Waals surface area contributed by atoms with Crippen molar-refractivity contribution in [2.45, 2.75) is 6.54 Å². The highest BCUT2D eigenvalue weighted by Crippen LogP contribution is 2.23. The van der Waals surface area contributed by atoms with Crippen molar-refractivity contribution in [2.24, 2.45) is 0 Å². The summed E-state index contributed by atoms with van der Waals surface area (Å²) in [5.41, 5.74) is 6.87. The Morgan fingerprint density at radius 3 is 2.58 bits per heavy atom. The molecule has 0 heterocycles. The lowest BCUT2D eigenvalue weighted by atomic mass is 10.2. The van der Waals surface area contributed by atoms with Crippen molar-refractivity contribution < 1.29 is 13.5 Å². The number of para-hydroxylation sites is 1. The molecule has 0 fully saturated rings. The third-order valence-corrected chi connectivity index (χ3v) is 2.73. The van der Waals surface area contributed by atoms with E-state index in [1.54, 1.807) is 12.1 Å². The summed E-state index contributed by atoms with van der Waals surface area (Å²) in [5, 5.41) is 2.85. The lowest BCUT2D eigenvalue weighted by molar-refractivity contribution is 0.386. The van der Waals surface area contributed by atoms with Crippen LogP contribution in [0.1, 0.15) is 5.56 Å². The van der Waals surface area contributed by atoms with E-state index < -0.39 is 11.6 Å². The van der Waals surface area contributed by atoms with E-state index in [0.29, 0.717) is 11.3 Å². The zero-order chi connectivity index (χ0) is 13.8. The molecule has 0 aliphatic rings. The van der Waals surface area contributed by atoms with Gasteiger partial charge < -0.3 is 15.8 Å². The van der Waals surface area contributed by atoms with Gasteiger partial charge in [0.25, 0.3) is 0 Å². The summed E-state index contributed by atoms with van der Waals surface area (Å²) < 4.78 is 31.8. The fourth-order valence-electron chi connectivity index (χ4n) is 1.74. The molecule has 2 aromatic rings. The Balaban J connectivity index is 2.13. The van der Waals surface area contributed by atoms with Crippen LogP contribution in [0.4, 0.5) is 20.2 Å². The molecule has 0 atom stereocenters. The molecule has 5 heteroatoms. The predicted octanol–water partition coefficient (Wildman–Crippen LogP) is 3.17. The standard InChI is InChI=1S/C14H14F2N2O/c1-19-13-6-5-9(7-11(13)16)8-18-14-10(15)3-2-4-12(14)17/h2-7,18H,8,17H2,1H3. The first-order valence-corrected chi connectivity index (χ1v) is 5.72. The predicted molar refractivity (Wildman–Crippen MR) is 71.1 cm³/mol. The highest BCUT2D eigenvalue weighted by atomic mass is 19.1. The zero-order valence-electron chi connectivity index (χ0n) is 10.4. The molecule has 0 amide bonds. The maximum absolute atomic E-state index is 13.5. The molecule has 0 aromatic heterocycles. The molecule has 0 aliphatic carbocycles. The molecule has 0 saturated carbocycles. The molecule has 100 valence electrons. The van der Waals surface area contributed by atoms with E-state index in [4.69, 9.17) is 10.5 Å². The molecule has 0 unspecified atom stereocenters. The Kier molecular flexibility index (Phi) is 3.85. The van der Waals surface area contributed by atoms with Crippen LogP contribution in [-0.4, -0.2) is 7.11 Å². The second-order valence-corrected chi connectivity index (χ2v) is 4.03. The lowest BCUT2D eigenvalue weighted by Gasteiger charge is -2.11. The van der Waals surface area contributed by atoms with Crippen molar-refractivity contribution in [3.05, 3.63) is 53.6 Å². The monoisotopic (exact) mass is 264 g/mol. The quantitative estimate of drug-likeness (QED) is 0.834. The number of benzene rings is 2. The Morgan fingerprint density at radius 2 is 1.95 bits per heavy atom. The van der Waals surface area contributed by atoms with E-state index in [9.17, 15) is 8.78 Å². The van der Waals surface area contributed by atoms with E-state index in [1.165, 1.54) is 31.4 Å². The molecule has 2 rings (SSSR count). The second kappa shape index (κ2) is 5.56. The van der Waals surface area contributed by atoms with Gasteiger partial charge in [0.2, 0.25) is 0 Å². The molecule has 0 bridgehead atoms. The van der Waals surface area contributed by atoms with Gasteiger partial charge in [-0.25, -0.2) is 8.78 Å². The van der Waals surface area contributed by atoms with Crippen LogP contribution in [0.3, 0.4) is 0 Å². The third-order valence-electron chi connectivity index (χ3n) is 2.73. The van der Waals surface area contributed by atoms with Gasteiger partial charge in [0.15, 0.2) is 11.6 Å². The van der Waals surface area contributed by atoms with E-state index in [1.807, 2.05) is 0 Å². The van der Waals surface area contributed by atoms with Crippen LogP contribution >= 0.6 is 0 Å². The summed E-state index contributed by atoms with van der Waals surface area (Å²) >= 11 is 0. The Labute approximate surface area is 110 Å². The molecular weight excluding hydrogens is 250 g/mol. The maximum atomic E-state index is 13.5. The molecule has 0 spiro atoms. The zero-order valence-corrected chi connectivity index (χ0v) is 10.4. The molecule has 0 radical (unpaired) electrons. The minimum atomic E-state index is -0.455. The van der Waals surface area contributed by atoms with Gasteiger partial charge in [-0.15, -0.1) is 0 Å². The molecule has 19 heavy (non-hydrogen) atoms. The van der Waals surface area contributed by atoms with Gasteiger partial charge in [-0.3, -0.25) is 0 Å². The molecule has 2 aromatic carbocycles. The molecule has 3 N–H and O–H groups in total.